The number of hydrogen-bond donors (Lipinski definition) is 3. The van der Waals surface area contributed by atoms with Crippen molar-refractivity contribution in [1.29, 1.82) is 0 Å². The summed E-state index contributed by atoms with van der Waals surface area (Å²) in [5, 5.41) is 14.7. The van der Waals surface area contributed by atoms with Crippen LogP contribution in [0.25, 0.3) is 11.1 Å². The molecule has 2 atom stereocenters. The highest BCUT2D eigenvalue weighted by molar-refractivity contribution is 5.89. The Morgan fingerprint density at radius 2 is 1.69 bits per heavy atom. The van der Waals surface area contributed by atoms with Crippen molar-refractivity contribution in [2.75, 3.05) is 13.2 Å². The van der Waals surface area contributed by atoms with Crippen molar-refractivity contribution in [1.82, 2.24) is 10.6 Å². The summed E-state index contributed by atoms with van der Waals surface area (Å²) in [4.78, 5) is 36.5. The van der Waals surface area contributed by atoms with Crippen LogP contribution < -0.4 is 10.6 Å². The second-order valence-corrected chi connectivity index (χ2v) is 8.82. The Bertz CT molecular complexity index is 991. The molecule has 0 spiro atoms. The number of carbonyl (C=O) groups excluding carboxylic acids is 2. The summed E-state index contributed by atoms with van der Waals surface area (Å²) in [5.74, 6) is -1.41. The topological polar surface area (TPSA) is 105 Å². The van der Waals surface area contributed by atoms with Gasteiger partial charge >= 0.3 is 12.1 Å². The number of aliphatic carboxylic acids is 1. The molecule has 2 amide bonds. The highest BCUT2D eigenvalue weighted by Crippen LogP contribution is 2.44. The first-order valence-electron chi connectivity index (χ1n) is 11.0. The number of carboxylic acid groups (broad SMARTS) is 1. The Morgan fingerprint density at radius 3 is 2.28 bits per heavy atom. The molecule has 0 aromatic heterocycles. The Kier molecular flexibility index (Phi) is 6.17. The predicted molar refractivity (Wildman–Crippen MR) is 119 cm³/mol. The molecule has 0 bridgehead atoms. The van der Waals surface area contributed by atoms with Gasteiger partial charge in [-0.1, -0.05) is 68.3 Å². The summed E-state index contributed by atoms with van der Waals surface area (Å²) in [6, 6.07) is 16.1. The van der Waals surface area contributed by atoms with E-state index in [1.54, 1.807) is 0 Å². The fourth-order valence-electron chi connectivity index (χ4n) is 5.03. The van der Waals surface area contributed by atoms with Gasteiger partial charge < -0.3 is 20.5 Å². The highest BCUT2D eigenvalue weighted by Gasteiger charge is 2.43. The van der Waals surface area contributed by atoms with Crippen molar-refractivity contribution in [3.05, 3.63) is 59.7 Å². The minimum Gasteiger partial charge on any atom is -0.480 e. The van der Waals surface area contributed by atoms with E-state index < -0.39 is 23.5 Å². The molecule has 2 aliphatic rings. The van der Waals surface area contributed by atoms with E-state index in [4.69, 9.17) is 4.74 Å². The number of carboxylic acids is 1. The van der Waals surface area contributed by atoms with E-state index in [9.17, 15) is 19.5 Å². The summed E-state index contributed by atoms with van der Waals surface area (Å²) in [6.07, 6.45) is 1.77. The summed E-state index contributed by atoms with van der Waals surface area (Å²) < 4.78 is 5.42. The van der Waals surface area contributed by atoms with Crippen LogP contribution >= 0.6 is 0 Å². The van der Waals surface area contributed by atoms with Gasteiger partial charge in [-0.2, -0.15) is 0 Å². The van der Waals surface area contributed by atoms with Crippen LogP contribution in [0.2, 0.25) is 0 Å². The number of fused-ring (bicyclic) bond motifs is 3. The highest BCUT2D eigenvalue weighted by atomic mass is 16.5. The zero-order chi connectivity index (χ0) is 22.7. The average molecular weight is 437 g/mol. The molecular formula is C25H28N2O5. The van der Waals surface area contributed by atoms with Gasteiger partial charge in [-0.15, -0.1) is 0 Å². The van der Waals surface area contributed by atoms with E-state index in [2.05, 4.69) is 22.8 Å². The van der Waals surface area contributed by atoms with Gasteiger partial charge in [-0.05, 0) is 41.0 Å². The maximum atomic E-state index is 12.4. The molecule has 1 saturated carbocycles. The fourth-order valence-corrected chi connectivity index (χ4v) is 5.03. The van der Waals surface area contributed by atoms with E-state index in [-0.39, 0.29) is 25.0 Å². The number of nitrogens with one attached hydrogen (secondary N) is 2. The van der Waals surface area contributed by atoms with Crippen molar-refractivity contribution in [2.24, 2.45) is 5.92 Å². The molecule has 0 radical (unpaired) electrons. The van der Waals surface area contributed by atoms with Crippen LogP contribution in [0.3, 0.4) is 0 Å². The van der Waals surface area contributed by atoms with Crippen molar-refractivity contribution in [3.8, 4) is 11.1 Å². The summed E-state index contributed by atoms with van der Waals surface area (Å²) in [7, 11) is 0. The van der Waals surface area contributed by atoms with Crippen molar-refractivity contribution < 1.29 is 24.2 Å². The van der Waals surface area contributed by atoms with Crippen LogP contribution in [-0.2, 0) is 14.3 Å². The quantitative estimate of drug-likeness (QED) is 0.641. The van der Waals surface area contributed by atoms with Gasteiger partial charge in [0.15, 0.2) is 0 Å². The third-order valence-corrected chi connectivity index (χ3v) is 6.52. The van der Waals surface area contributed by atoms with Crippen molar-refractivity contribution >= 4 is 18.0 Å². The molecule has 2 aliphatic carbocycles. The predicted octanol–water partition coefficient (Wildman–Crippen LogP) is 3.67. The van der Waals surface area contributed by atoms with E-state index in [1.807, 2.05) is 43.3 Å². The Balaban J connectivity index is 1.32. The number of ether oxygens (including phenoxy) is 1. The molecular weight excluding hydrogens is 408 g/mol. The molecule has 2 aromatic carbocycles. The first kappa shape index (κ1) is 21.9. The van der Waals surface area contributed by atoms with Gasteiger partial charge in [0.05, 0.1) is 0 Å². The van der Waals surface area contributed by atoms with E-state index in [0.29, 0.717) is 12.8 Å². The lowest BCUT2D eigenvalue weighted by atomic mass is 9.76. The lowest BCUT2D eigenvalue weighted by Gasteiger charge is -2.37. The minimum atomic E-state index is -1.27. The molecule has 0 saturated heterocycles. The van der Waals surface area contributed by atoms with Crippen LogP contribution in [0.15, 0.2) is 48.5 Å². The van der Waals surface area contributed by atoms with E-state index >= 15 is 0 Å². The summed E-state index contributed by atoms with van der Waals surface area (Å²) >= 11 is 0. The largest absolute Gasteiger partial charge is 0.480 e. The van der Waals surface area contributed by atoms with E-state index in [0.717, 1.165) is 35.1 Å². The van der Waals surface area contributed by atoms with Crippen LogP contribution in [0, 0.1) is 5.92 Å². The number of carbonyl (C=O) groups is 3. The fraction of sp³-hybridized carbons (Fsp3) is 0.400. The van der Waals surface area contributed by atoms with E-state index in [1.165, 1.54) is 0 Å². The number of hydrogen-bond acceptors (Lipinski definition) is 4. The summed E-state index contributed by atoms with van der Waals surface area (Å²) in [6.45, 7) is 1.80. The zero-order valence-electron chi connectivity index (χ0n) is 18.1. The molecule has 7 heteroatoms. The molecule has 32 heavy (non-hydrogen) atoms. The molecule has 4 rings (SSSR count). The van der Waals surface area contributed by atoms with Gasteiger partial charge in [0.1, 0.15) is 18.7 Å². The van der Waals surface area contributed by atoms with Gasteiger partial charge in [0.2, 0.25) is 5.91 Å². The molecule has 168 valence electrons. The second-order valence-electron chi connectivity index (χ2n) is 8.82. The zero-order valence-corrected chi connectivity index (χ0v) is 18.1. The van der Waals surface area contributed by atoms with Gasteiger partial charge in [0.25, 0.3) is 0 Å². The standard InChI is InChI=1S/C25H28N2O5/c1-16-7-6-12-25(13-16,23(29)30)27-22(28)14-26-24(31)32-15-21-19-10-4-2-8-17(19)18-9-3-5-11-20(18)21/h2-5,8-11,16,21H,6-7,12-15H2,1H3,(H,26,31)(H,27,28)(H,29,30). The maximum absolute atomic E-state index is 12.4. The van der Waals surface area contributed by atoms with Gasteiger partial charge in [-0.3, -0.25) is 4.79 Å². The lowest BCUT2D eigenvalue weighted by molar-refractivity contribution is -0.149. The SMILES string of the molecule is CC1CCCC(NC(=O)CNC(=O)OCC2c3ccccc3-c3ccccc32)(C(=O)O)C1. The lowest BCUT2D eigenvalue weighted by Crippen LogP contribution is -2.58. The third-order valence-electron chi connectivity index (χ3n) is 6.52. The van der Waals surface area contributed by atoms with Crippen molar-refractivity contribution in [3.63, 3.8) is 0 Å². The average Bonchev–Trinajstić information content (AvgIpc) is 3.10. The number of alkyl carbamates (subject to hydrolysis) is 1. The van der Waals surface area contributed by atoms with Crippen molar-refractivity contribution in [2.45, 2.75) is 44.1 Å². The molecule has 0 heterocycles. The molecule has 2 unspecified atom stereocenters. The van der Waals surface area contributed by atoms with Crippen LogP contribution in [-0.4, -0.2) is 41.8 Å². The number of amides is 2. The molecule has 1 fully saturated rings. The minimum absolute atomic E-state index is 0.0685. The van der Waals surface area contributed by atoms with Gasteiger partial charge in [-0.25, -0.2) is 9.59 Å². The molecule has 2 aromatic rings. The van der Waals surface area contributed by atoms with Gasteiger partial charge in [0, 0.05) is 5.92 Å². The first-order chi connectivity index (χ1) is 15.4. The van der Waals surface area contributed by atoms with Crippen LogP contribution in [0.4, 0.5) is 4.79 Å². The molecule has 3 N–H and O–H groups in total. The Morgan fingerprint density at radius 1 is 1.06 bits per heavy atom. The Labute approximate surface area is 187 Å². The molecule has 7 nitrogen and oxygen atoms in total. The number of benzene rings is 2. The number of rotatable bonds is 6. The normalized spacial score (nSPS) is 21.8. The Hall–Kier alpha value is -3.35. The third kappa shape index (κ3) is 4.33. The molecule has 0 aliphatic heterocycles. The van der Waals surface area contributed by atoms with Crippen LogP contribution in [0.1, 0.15) is 49.7 Å². The second kappa shape index (κ2) is 9.02. The van der Waals surface area contributed by atoms with Crippen LogP contribution in [0.5, 0.6) is 0 Å². The summed E-state index contributed by atoms with van der Waals surface area (Å²) in [5.41, 5.74) is 3.22. The smallest absolute Gasteiger partial charge is 0.407 e. The first-order valence-corrected chi connectivity index (χ1v) is 11.0. The monoisotopic (exact) mass is 436 g/mol. The maximum Gasteiger partial charge on any atom is 0.407 e.